The van der Waals surface area contributed by atoms with E-state index in [9.17, 15) is 4.79 Å². The van der Waals surface area contributed by atoms with Crippen LogP contribution < -0.4 is 9.80 Å². The molecule has 0 amide bonds. The van der Waals surface area contributed by atoms with Crippen LogP contribution in [0.5, 0.6) is 0 Å². The number of aryl methyl sites for hydroxylation is 1. The predicted octanol–water partition coefficient (Wildman–Crippen LogP) is 1.98. The third-order valence-corrected chi connectivity index (χ3v) is 3.45. The Bertz CT molecular complexity index is 445. The van der Waals surface area contributed by atoms with E-state index in [0.29, 0.717) is 0 Å². The summed E-state index contributed by atoms with van der Waals surface area (Å²) in [5.41, 5.74) is 3.47. The highest BCUT2D eigenvalue weighted by Crippen LogP contribution is 2.35. The normalized spacial score (nSPS) is 15.2. The standard InChI is InChI=1S/C14H20N2O2/c1-3-11-6-4-7-12-14(11)16(10-13(17)18)9-5-8-15(12)2/h4,6-7H,3,5,8-10H2,1-2H3,(H,17,18). The van der Waals surface area contributed by atoms with Crippen molar-refractivity contribution in [2.75, 3.05) is 36.5 Å². The smallest absolute Gasteiger partial charge is 0.323 e. The van der Waals surface area contributed by atoms with Crippen LogP contribution in [0.25, 0.3) is 0 Å². The molecule has 1 aliphatic heterocycles. The summed E-state index contributed by atoms with van der Waals surface area (Å²) in [4.78, 5) is 15.2. The molecular formula is C14H20N2O2. The van der Waals surface area contributed by atoms with Gasteiger partial charge in [0.1, 0.15) is 6.54 Å². The van der Waals surface area contributed by atoms with Crippen LogP contribution in [0.1, 0.15) is 18.9 Å². The van der Waals surface area contributed by atoms with Gasteiger partial charge in [-0.1, -0.05) is 19.1 Å². The SMILES string of the molecule is CCc1cccc2c1N(CC(=O)O)CCCN2C. The monoisotopic (exact) mass is 248 g/mol. The van der Waals surface area contributed by atoms with Crippen LogP contribution in [0.15, 0.2) is 18.2 Å². The van der Waals surface area contributed by atoms with Gasteiger partial charge < -0.3 is 14.9 Å². The molecule has 0 radical (unpaired) electrons. The number of fused-ring (bicyclic) bond motifs is 1. The van der Waals surface area contributed by atoms with Crippen LogP contribution in [0.4, 0.5) is 11.4 Å². The molecule has 0 aliphatic carbocycles. The number of hydrogen-bond acceptors (Lipinski definition) is 3. The number of nitrogens with zero attached hydrogens (tertiary/aromatic N) is 2. The van der Waals surface area contributed by atoms with Gasteiger partial charge >= 0.3 is 5.97 Å². The van der Waals surface area contributed by atoms with Crippen LogP contribution in [-0.4, -0.2) is 37.8 Å². The maximum atomic E-state index is 11.0. The maximum Gasteiger partial charge on any atom is 0.323 e. The minimum atomic E-state index is -0.767. The Morgan fingerprint density at radius 3 is 2.83 bits per heavy atom. The fourth-order valence-corrected chi connectivity index (χ4v) is 2.59. The number of hydrogen-bond donors (Lipinski definition) is 1. The fraction of sp³-hybridized carbons (Fsp3) is 0.500. The summed E-state index contributed by atoms with van der Waals surface area (Å²) >= 11 is 0. The van der Waals surface area contributed by atoms with Crippen LogP contribution >= 0.6 is 0 Å². The van der Waals surface area contributed by atoms with Gasteiger partial charge in [0.2, 0.25) is 0 Å². The van der Waals surface area contributed by atoms with Crippen LogP contribution in [0.2, 0.25) is 0 Å². The summed E-state index contributed by atoms with van der Waals surface area (Å²) in [5, 5.41) is 9.06. The number of carboxylic acids is 1. The molecule has 0 aromatic heterocycles. The van der Waals surface area contributed by atoms with Gasteiger partial charge in [-0.2, -0.15) is 0 Å². The van der Waals surface area contributed by atoms with Gasteiger partial charge in [0.25, 0.3) is 0 Å². The van der Waals surface area contributed by atoms with E-state index in [-0.39, 0.29) is 6.54 Å². The van der Waals surface area contributed by atoms with Crippen molar-refractivity contribution < 1.29 is 9.90 Å². The first-order valence-electron chi connectivity index (χ1n) is 6.43. The van der Waals surface area contributed by atoms with Crippen molar-refractivity contribution in [3.63, 3.8) is 0 Å². The number of carbonyl (C=O) groups is 1. The largest absolute Gasteiger partial charge is 0.480 e. The topological polar surface area (TPSA) is 43.8 Å². The lowest BCUT2D eigenvalue weighted by molar-refractivity contribution is -0.135. The minimum absolute atomic E-state index is 0.0812. The van der Waals surface area contributed by atoms with E-state index < -0.39 is 5.97 Å². The van der Waals surface area contributed by atoms with E-state index >= 15 is 0 Å². The zero-order valence-electron chi connectivity index (χ0n) is 11.0. The summed E-state index contributed by atoms with van der Waals surface area (Å²) in [6, 6.07) is 6.22. The van der Waals surface area contributed by atoms with E-state index in [4.69, 9.17) is 5.11 Å². The van der Waals surface area contributed by atoms with Crippen molar-refractivity contribution in [1.29, 1.82) is 0 Å². The first kappa shape index (κ1) is 12.7. The minimum Gasteiger partial charge on any atom is -0.480 e. The van der Waals surface area contributed by atoms with Crippen molar-refractivity contribution in [1.82, 2.24) is 0 Å². The van der Waals surface area contributed by atoms with Crippen molar-refractivity contribution in [3.8, 4) is 0 Å². The third kappa shape index (κ3) is 2.42. The van der Waals surface area contributed by atoms with E-state index in [0.717, 1.165) is 37.3 Å². The molecule has 0 saturated heterocycles. The molecular weight excluding hydrogens is 228 g/mol. The Balaban J connectivity index is 2.48. The summed E-state index contributed by atoms with van der Waals surface area (Å²) in [6.45, 7) is 3.97. The highest BCUT2D eigenvalue weighted by Gasteiger charge is 2.22. The number of anilines is 2. The Labute approximate surface area is 108 Å². The second-order valence-electron chi connectivity index (χ2n) is 4.73. The van der Waals surface area contributed by atoms with E-state index in [1.807, 2.05) is 4.90 Å². The maximum absolute atomic E-state index is 11.0. The Hall–Kier alpha value is -1.71. The van der Waals surface area contributed by atoms with Crippen LogP contribution in [0, 0.1) is 0 Å². The number of para-hydroxylation sites is 1. The second kappa shape index (κ2) is 5.29. The van der Waals surface area contributed by atoms with Gasteiger partial charge in [-0.3, -0.25) is 4.79 Å². The summed E-state index contributed by atoms with van der Waals surface area (Å²) in [7, 11) is 2.07. The van der Waals surface area contributed by atoms with Crippen LogP contribution in [0.3, 0.4) is 0 Å². The first-order valence-corrected chi connectivity index (χ1v) is 6.43. The van der Waals surface area contributed by atoms with E-state index in [1.165, 1.54) is 5.56 Å². The van der Waals surface area contributed by atoms with Gasteiger partial charge in [-0.15, -0.1) is 0 Å². The molecule has 1 aromatic carbocycles. The molecule has 0 atom stereocenters. The van der Waals surface area contributed by atoms with Gasteiger partial charge in [-0.25, -0.2) is 0 Å². The molecule has 18 heavy (non-hydrogen) atoms. The van der Waals surface area contributed by atoms with Gasteiger partial charge in [0.05, 0.1) is 11.4 Å². The molecule has 4 heteroatoms. The fourth-order valence-electron chi connectivity index (χ4n) is 2.59. The zero-order valence-corrected chi connectivity index (χ0v) is 11.0. The lowest BCUT2D eigenvalue weighted by atomic mass is 10.1. The van der Waals surface area contributed by atoms with Crippen molar-refractivity contribution in [2.24, 2.45) is 0 Å². The van der Waals surface area contributed by atoms with E-state index in [1.54, 1.807) is 0 Å². The Morgan fingerprint density at radius 2 is 2.17 bits per heavy atom. The number of carboxylic acid groups (broad SMARTS) is 1. The number of benzene rings is 1. The van der Waals surface area contributed by atoms with Gasteiger partial charge in [0.15, 0.2) is 0 Å². The Morgan fingerprint density at radius 1 is 1.39 bits per heavy atom. The Kier molecular flexibility index (Phi) is 3.75. The average molecular weight is 248 g/mol. The summed E-state index contributed by atoms with van der Waals surface area (Å²) in [6.07, 6.45) is 1.91. The third-order valence-electron chi connectivity index (χ3n) is 3.45. The zero-order chi connectivity index (χ0) is 13.1. The average Bonchev–Trinajstić information content (AvgIpc) is 2.49. The lowest BCUT2D eigenvalue weighted by Gasteiger charge is -2.27. The number of rotatable bonds is 3. The molecule has 2 rings (SSSR count). The van der Waals surface area contributed by atoms with Gasteiger partial charge in [-0.05, 0) is 24.5 Å². The summed E-state index contributed by atoms with van der Waals surface area (Å²) in [5.74, 6) is -0.767. The molecule has 1 aliphatic rings. The molecule has 4 nitrogen and oxygen atoms in total. The highest BCUT2D eigenvalue weighted by molar-refractivity contribution is 5.81. The van der Waals surface area contributed by atoms with Gasteiger partial charge in [0, 0.05) is 20.1 Å². The molecule has 1 N–H and O–H groups in total. The second-order valence-corrected chi connectivity index (χ2v) is 4.73. The lowest BCUT2D eigenvalue weighted by Crippen LogP contribution is -2.31. The first-order chi connectivity index (χ1) is 8.63. The molecule has 0 fully saturated rings. The molecule has 0 saturated carbocycles. The molecule has 1 heterocycles. The molecule has 0 bridgehead atoms. The van der Waals surface area contributed by atoms with Crippen molar-refractivity contribution in [3.05, 3.63) is 23.8 Å². The molecule has 1 aromatic rings. The number of aliphatic carboxylic acids is 1. The van der Waals surface area contributed by atoms with Crippen molar-refractivity contribution >= 4 is 17.3 Å². The molecule has 0 spiro atoms. The molecule has 0 unspecified atom stereocenters. The summed E-state index contributed by atoms with van der Waals surface area (Å²) < 4.78 is 0. The molecule has 98 valence electrons. The van der Waals surface area contributed by atoms with Crippen molar-refractivity contribution in [2.45, 2.75) is 19.8 Å². The highest BCUT2D eigenvalue weighted by atomic mass is 16.4. The predicted molar refractivity (Wildman–Crippen MR) is 73.6 cm³/mol. The van der Waals surface area contributed by atoms with Crippen LogP contribution in [-0.2, 0) is 11.2 Å². The quantitative estimate of drug-likeness (QED) is 0.888. The van der Waals surface area contributed by atoms with E-state index in [2.05, 4.69) is 37.1 Å².